The van der Waals surface area contributed by atoms with Crippen LogP contribution in [0.15, 0.2) is 48.8 Å². The van der Waals surface area contributed by atoms with E-state index >= 15 is 0 Å². The molecule has 3 rings (SSSR count). The van der Waals surface area contributed by atoms with E-state index in [9.17, 15) is 9.90 Å². The highest BCUT2D eigenvalue weighted by molar-refractivity contribution is 6.02. The monoisotopic (exact) mass is 282 g/mol. The Bertz CT molecular complexity index is 791. The zero-order valence-electron chi connectivity index (χ0n) is 11.5. The van der Waals surface area contributed by atoms with Crippen molar-refractivity contribution in [2.75, 3.05) is 7.11 Å². The van der Waals surface area contributed by atoms with Crippen LogP contribution < -0.4 is 4.74 Å². The summed E-state index contributed by atoms with van der Waals surface area (Å²) >= 11 is 0. The Morgan fingerprint density at radius 3 is 2.71 bits per heavy atom. The van der Waals surface area contributed by atoms with Crippen molar-refractivity contribution >= 4 is 17.0 Å². The highest BCUT2D eigenvalue weighted by atomic mass is 16.5. The maximum absolute atomic E-state index is 11.3. The van der Waals surface area contributed by atoms with E-state index in [4.69, 9.17) is 4.74 Å². The Kier molecular flexibility index (Phi) is 3.31. The fourth-order valence-electron chi connectivity index (χ4n) is 2.34. The van der Waals surface area contributed by atoms with Crippen LogP contribution in [0.1, 0.15) is 15.9 Å². The lowest BCUT2D eigenvalue weighted by Gasteiger charge is -2.06. The molecule has 0 aliphatic heterocycles. The lowest BCUT2D eigenvalue weighted by atomic mass is 10.2. The molecule has 0 aliphatic carbocycles. The first kappa shape index (κ1) is 13.2. The number of aromatic carboxylic acids is 1. The van der Waals surface area contributed by atoms with Gasteiger partial charge in [-0.1, -0.05) is 12.1 Å². The third kappa shape index (κ3) is 2.45. The average Bonchev–Trinajstić information content (AvgIpc) is 2.87. The maximum Gasteiger partial charge on any atom is 0.337 e. The second-order valence-electron chi connectivity index (χ2n) is 4.70. The summed E-state index contributed by atoms with van der Waals surface area (Å²) in [5.41, 5.74) is 1.99. The Labute approximate surface area is 121 Å². The Morgan fingerprint density at radius 1 is 1.29 bits per heavy atom. The third-order valence-electron chi connectivity index (χ3n) is 3.38. The summed E-state index contributed by atoms with van der Waals surface area (Å²) < 4.78 is 6.98. The summed E-state index contributed by atoms with van der Waals surface area (Å²) in [7, 11) is 1.62. The smallest absolute Gasteiger partial charge is 0.337 e. The molecule has 0 unspecified atom stereocenters. The molecular formula is C16H14N2O3. The topological polar surface area (TPSA) is 64.3 Å². The number of hydrogen-bond donors (Lipinski definition) is 1. The van der Waals surface area contributed by atoms with Crippen molar-refractivity contribution in [3.63, 3.8) is 0 Å². The summed E-state index contributed by atoms with van der Waals surface area (Å²) in [4.78, 5) is 15.6. The fourth-order valence-corrected chi connectivity index (χ4v) is 2.34. The number of nitrogens with zero attached hydrogens (tertiary/aromatic N) is 2. The SMILES string of the molecule is COc1ccc(Cn2cc(C(=O)O)c3cccnc32)cc1. The van der Waals surface area contributed by atoms with Crippen LogP contribution in [0.5, 0.6) is 5.75 Å². The molecule has 0 spiro atoms. The van der Waals surface area contributed by atoms with E-state index in [0.29, 0.717) is 17.6 Å². The number of carboxylic acid groups (broad SMARTS) is 1. The molecule has 0 aliphatic rings. The summed E-state index contributed by atoms with van der Waals surface area (Å²) in [5.74, 6) is -0.151. The van der Waals surface area contributed by atoms with Gasteiger partial charge in [-0.05, 0) is 29.8 Å². The van der Waals surface area contributed by atoms with Crippen molar-refractivity contribution in [2.45, 2.75) is 6.54 Å². The normalized spacial score (nSPS) is 10.7. The van der Waals surface area contributed by atoms with E-state index in [1.54, 1.807) is 31.6 Å². The molecule has 1 aromatic carbocycles. The van der Waals surface area contributed by atoms with E-state index in [-0.39, 0.29) is 5.56 Å². The number of hydrogen-bond acceptors (Lipinski definition) is 3. The van der Waals surface area contributed by atoms with Gasteiger partial charge in [-0.25, -0.2) is 9.78 Å². The first-order chi connectivity index (χ1) is 10.2. The van der Waals surface area contributed by atoms with Crippen molar-refractivity contribution in [2.24, 2.45) is 0 Å². The molecule has 106 valence electrons. The number of benzene rings is 1. The zero-order valence-corrected chi connectivity index (χ0v) is 11.5. The van der Waals surface area contributed by atoms with E-state index in [2.05, 4.69) is 4.98 Å². The summed E-state index contributed by atoms with van der Waals surface area (Å²) in [6.45, 7) is 0.560. The van der Waals surface area contributed by atoms with Crippen LogP contribution in [0.3, 0.4) is 0 Å². The van der Waals surface area contributed by atoms with Gasteiger partial charge in [-0.2, -0.15) is 0 Å². The van der Waals surface area contributed by atoms with Gasteiger partial charge in [0.1, 0.15) is 11.4 Å². The molecule has 2 heterocycles. The van der Waals surface area contributed by atoms with Crippen LogP contribution in [-0.2, 0) is 6.54 Å². The van der Waals surface area contributed by atoms with Crippen molar-refractivity contribution in [3.05, 3.63) is 59.9 Å². The lowest BCUT2D eigenvalue weighted by molar-refractivity contribution is 0.0699. The number of carbonyl (C=O) groups is 1. The Balaban J connectivity index is 2.01. The van der Waals surface area contributed by atoms with Crippen LogP contribution in [0.2, 0.25) is 0 Å². The minimum absolute atomic E-state index is 0.270. The van der Waals surface area contributed by atoms with Gasteiger partial charge in [0.2, 0.25) is 0 Å². The van der Waals surface area contributed by atoms with Gasteiger partial charge in [0, 0.05) is 24.3 Å². The fraction of sp³-hybridized carbons (Fsp3) is 0.125. The maximum atomic E-state index is 11.3. The number of rotatable bonds is 4. The van der Waals surface area contributed by atoms with E-state index < -0.39 is 5.97 Å². The average molecular weight is 282 g/mol. The van der Waals surface area contributed by atoms with Crippen LogP contribution >= 0.6 is 0 Å². The predicted molar refractivity (Wildman–Crippen MR) is 78.8 cm³/mol. The molecule has 0 saturated heterocycles. The molecule has 21 heavy (non-hydrogen) atoms. The van der Waals surface area contributed by atoms with E-state index in [1.807, 2.05) is 28.8 Å². The van der Waals surface area contributed by atoms with Crippen molar-refractivity contribution < 1.29 is 14.6 Å². The predicted octanol–water partition coefficient (Wildman–Crippen LogP) is 2.79. The highest BCUT2D eigenvalue weighted by Crippen LogP contribution is 2.21. The summed E-state index contributed by atoms with van der Waals surface area (Å²) in [5, 5.41) is 9.92. The van der Waals surface area contributed by atoms with Gasteiger partial charge in [0.25, 0.3) is 0 Å². The molecule has 0 saturated carbocycles. The van der Waals surface area contributed by atoms with Crippen LogP contribution in [0, 0.1) is 0 Å². The number of pyridine rings is 1. The Hall–Kier alpha value is -2.82. The summed E-state index contributed by atoms with van der Waals surface area (Å²) in [6, 6.07) is 11.2. The molecule has 2 aromatic heterocycles. The summed E-state index contributed by atoms with van der Waals surface area (Å²) in [6.07, 6.45) is 3.29. The molecule has 5 heteroatoms. The lowest BCUT2D eigenvalue weighted by Crippen LogP contribution is -1.99. The molecule has 0 amide bonds. The van der Waals surface area contributed by atoms with E-state index in [1.165, 1.54) is 0 Å². The van der Waals surface area contributed by atoms with Gasteiger partial charge in [-0.15, -0.1) is 0 Å². The minimum Gasteiger partial charge on any atom is -0.497 e. The minimum atomic E-state index is -0.943. The number of fused-ring (bicyclic) bond motifs is 1. The van der Waals surface area contributed by atoms with Gasteiger partial charge in [0.05, 0.1) is 12.7 Å². The number of ether oxygens (including phenoxy) is 1. The first-order valence-electron chi connectivity index (χ1n) is 6.49. The first-order valence-corrected chi connectivity index (χ1v) is 6.49. The molecular weight excluding hydrogens is 268 g/mol. The second-order valence-corrected chi connectivity index (χ2v) is 4.70. The second kappa shape index (κ2) is 5.28. The molecule has 0 bridgehead atoms. The Morgan fingerprint density at radius 2 is 2.05 bits per heavy atom. The number of methoxy groups -OCH3 is 1. The van der Waals surface area contributed by atoms with Crippen molar-refractivity contribution in [1.82, 2.24) is 9.55 Å². The molecule has 1 N–H and O–H groups in total. The molecule has 0 radical (unpaired) electrons. The largest absolute Gasteiger partial charge is 0.497 e. The van der Waals surface area contributed by atoms with Gasteiger partial charge in [0.15, 0.2) is 0 Å². The van der Waals surface area contributed by atoms with Crippen molar-refractivity contribution in [1.29, 1.82) is 0 Å². The zero-order chi connectivity index (χ0) is 14.8. The highest BCUT2D eigenvalue weighted by Gasteiger charge is 2.14. The number of carboxylic acids is 1. The van der Waals surface area contributed by atoms with Crippen molar-refractivity contribution in [3.8, 4) is 5.75 Å². The van der Waals surface area contributed by atoms with Gasteiger partial charge < -0.3 is 14.4 Å². The molecule has 0 fully saturated rings. The molecule has 3 aromatic rings. The van der Waals surface area contributed by atoms with Crippen LogP contribution in [-0.4, -0.2) is 27.7 Å². The van der Waals surface area contributed by atoms with Gasteiger partial charge >= 0.3 is 5.97 Å². The quantitative estimate of drug-likeness (QED) is 0.799. The molecule has 5 nitrogen and oxygen atoms in total. The molecule has 0 atom stereocenters. The number of aromatic nitrogens is 2. The third-order valence-corrected chi connectivity index (χ3v) is 3.38. The van der Waals surface area contributed by atoms with Crippen LogP contribution in [0.4, 0.5) is 0 Å². The van der Waals surface area contributed by atoms with E-state index in [0.717, 1.165) is 11.3 Å². The standard InChI is InChI=1S/C16H14N2O3/c1-21-12-6-4-11(5-7-12)9-18-10-14(16(19)20)13-3-2-8-17-15(13)18/h2-8,10H,9H2,1H3,(H,19,20). The van der Waals surface area contributed by atoms with Gasteiger partial charge in [-0.3, -0.25) is 0 Å². The van der Waals surface area contributed by atoms with Crippen LogP contribution in [0.25, 0.3) is 11.0 Å².